The number of esters is 2. The van der Waals surface area contributed by atoms with Crippen molar-refractivity contribution in [2.45, 2.75) is 37.0 Å². The number of carbonyl (C=O) groups excluding carboxylic acids is 2. The van der Waals surface area contributed by atoms with Gasteiger partial charge in [-0.25, -0.2) is 9.59 Å². The fourth-order valence-electron chi connectivity index (χ4n) is 0.880. The van der Waals surface area contributed by atoms with Gasteiger partial charge in [0, 0.05) is 11.6 Å². The number of alkyl halides is 12. The van der Waals surface area contributed by atoms with E-state index in [1.165, 1.54) is 0 Å². The molecule has 0 rings (SSSR count). The predicted molar refractivity (Wildman–Crippen MR) is 73.9 cm³/mol. The van der Waals surface area contributed by atoms with E-state index in [4.69, 9.17) is 0 Å². The Morgan fingerprint density at radius 2 is 1.17 bits per heavy atom. The summed E-state index contributed by atoms with van der Waals surface area (Å²) in [4.78, 5) is 20.7. The summed E-state index contributed by atoms with van der Waals surface area (Å²) in [5, 5.41) is 0. The monoisotopic (exact) mass is 472 g/mol. The summed E-state index contributed by atoms with van der Waals surface area (Å²) in [6.45, 7) is 2.48. The lowest BCUT2D eigenvalue weighted by molar-refractivity contribution is -0.359. The Bertz CT molecular complexity index is 634. The van der Waals surface area contributed by atoms with Crippen LogP contribution in [0.5, 0.6) is 0 Å². The first kappa shape index (κ1) is 29.8. The van der Waals surface area contributed by atoms with Crippen LogP contribution in [0.4, 0.5) is 52.7 Å². The van der Waals surface area contributed by atoms with Crippen LogP contribution in [0.25, 0.3) is 0 Å². The minimum atomic E-state index is -6.43. The molecule has 0 heterocycles. The molecule has 0 bridgehead atoms. The number of ether oxygens (including phenoxy) is 2. The van der Waals surface area contributed by atoms with Crippen LogP contribution in [-0.2, 0) is 19.1 Å². The first-order valence-corrected chi connectivity index (χ1v) is 6.92. The highest BCUT2D eigenvalue weighted by atomic mass is 19.4. The molecule has 4 nitrogen and oxygen atoms in total. The second kappa shape index (κ2) is 10.1. The molecule has 0 aliphatic heterocycles. The molecule has 0 saturated heterocycles. The summed E-state index contributed by atoms with van der Waals surface area (Å²) in [5.74, 6) is -19.7. The van der Waals surface area contributed by atoms with Crippen LogP contribution in [0.3, 0.4) is 0 Å². The standard InChI is InChI=1S/C7H5F7O2.C7H7F5O2/c1-2-4(15)16-3-5(8,9)6(10,11)7(12,13)14;1-4(2)5(13)14-3-6(8,9)7(10,11)12/h2H,1,3H2;1,3H2,2H3. The minimum absolute atomic E-state index is 0.247. The highest BCUT2D eigenvalue weighted by molar-refractivity contribution is 5.86. The molecule has 16 heteroatoms. The summed E-state index contributed by atoms with van der Waals surface area (Å²) in [6.07, 6.45) is -11.8. The lowest BCUT2D eigenvalue weighted by atomic mass is 10.2. The summed E-state index contributed by atoms with van der Waals surface area (Å²) in [5.41, 5.74) is -0.247. The van der Waals surface area contributed by atoms with Crippen molar-refractivity contribution in [1.29, 1.82) is 0 Å². The summed E-state index contributed by atoms with van der Waals surface area (Å²) in [6, 6.07) is 0. The molecule has 0 amide bonds. The lowest BCUT2D eigenvalue weighted by Crippen LogP contribution is -2.54. The van der Waals surface area contributed by atoms with Crippen molar-refractivity contribution >= 4 is 11.9 Å². The van der Waals surface area contributed by atoms with E-state index in [1.54, 1.807) is 0 Å². The fraction of sp³-hybridized carbons (Fsp3) is 0.571. The Morgan fingerprint density at radius 3 is 1.47 bits per heavy atom. The smallest absolute Gasteiger partial charge is 0.456 e. The highest BCUT2D eigenvalue weighted by Gasteiger charge is 2.73. The van der Waals surface area contributed by atoms with Gasteiger partial charge in [0.15, 0.2) is 13.2 Å². The van der Waals surface area contributed by atoms with Gasteiger partial charge in [0.25, 0.3) is 0 Å². The summed E-state index contributed by atoms with van der Waals surface area (Å²) in [7, 11) is 0. The maximum absolute atomic E-state index is 12.4. The van der Waals surface area contributed by atoms with E-state index in [2.05, 4.69) is 22.6 Å². The number of carbonyl (C=O) groups is 2. The molecule has 0 unspecified atom stereocenters. The van der Waals surface area contributed by atoms with Crippen LogP contribution in [0.15, 0.2) is 24.8 Å². The van der Waals surface area contributed by atoms with Crippen molar-refractivity contribution in [3.05, 3.63) is 24.8 Å². The second-order valence-electron chi connectivity index (χ2n) is 5.15. The maximum atomic E-state index is 12.4. The van der Waals surface area contributed by atoms with Crippen molar-refractivity contribution in [2.75, 3.05) is 13.2 Å². The Hall–Kier alpha value is -2.42. The van der Waals surface area contributed by atoms with Crippen LogP contribution in [0, 0.1) is 0 Å². The minimum Gasteiger partial charge on any atom is -0.456 e. The normalized spacial score (nSPS) is 13.0. The SMILES string of the molecule is C=C(C)C(=O)OCC(F)(F)C(F)(F)F.C=CC(=O)OCC(F)(F)C(F)(F)C(F)(F)F. The van der Waals surface area contributed by atoms with Crippen LogP contribution in [-0.4, -0.2) is 55.3 Å². The quantitative estimate of drug-likeness (QED) is 0.302. The third kappa shape index (κ3) is 8.52. The van der Waals surface area contributed by atoms with Crippen molar-refractivity contribution in [3.63, 3.8) is 0 Å². The molecular formula is C14H12F12O4. The zero-order valence-corrected chi connectivity index (χ0v) is 14.6. The molecule has 0 N–H and O–H groups in total. The van der Waals surface area contributed by atoms with Gasteiger partial charge >= 0.3 is 42.1 Å². The van der Waals surface area contributed by atoms with Crippen molar-refractivity contribution in [2.24, 2.45) is 0 Å². The highest BCUT2D eigenvalue weighted by Crippen LogP contribution is 2.46. The van der Waals surface area contributed by atoms with Gasteiger partial charge in [-0.1, -0.05) is 13.2 Å². The molecule has 0 aromatic heterocycles. The van der Waals surface area contributed by atoms with Crippen molar-refractivity contribution in [1.82, 2.24) is 0 Å². The number of hydrogen-bond acceptors (Lipinski definition) is 4. The van der Waals surface area contributed by atoms with Gasteiger partial charge in [0.05, 0.1) is 0 Å². The Morgan fingerprint density at radius 1 is 0.767 bits per heavy atom. The van der Waals surface area contributed by atoms with Gasteiger partial charge < -0.3 is 9.47 Å². The zero-order valence-electron chi connectivity index (χ0n) is 14.6. The fourth-order valence-corrected chi connectivity index (χ4v) is 0.880. The molecule has 30 heavy (non-hydrogen) atoms. The average molecular weight is 472 g/mol. The molecule has 0 aromatic carbocycles. The number of halogens is 12. The Kier molecular flexibility index (Phi) is 9.99. The van der Waals surface area contributed by atoms with E-state index in [0.29, 0.717) is 6.08 Å². The Balaban J connectivity index is 0. The zero-order chi connectivity index (χ0) is 24.8. The van der Waals surface area contributed by atoms with Crippen LogP contribution >= 0.6 is 0 Å². The van der Waals surface area contributed by atoms with Gasteiger partial charge in [0.1, 0.15) is 0 Å². The van der Waals surface area contributed by atoms with Crippen LogP contribution in [0.1, 0.15) is 6.92 Å². The predicted octanol–water partition coefficient (Wildman–Crippen LogP) is 4.85. The van der Waals surface area contributed by atoms with Crippen molar-refractivity contribution in [3.8, 4) is 0 Å². The largest absolute Gasteiger partial charge is 0.460 e. The first-order valence-electron chi connectivity index (χ1n) is 6.92. The topological polar surface area (TPSA) is 52.6 Å². The van der Waals surface area contributed by atoms with Gasteiger partial charge in [-0.15, -0.1) is 0 Å². The van der Waals surface area contributed by atoms with E-state index in [9.17, 15) is 62.3 Å². The van der Waals surface area contributed by atoms with Gasteiger partial charge in [-0.05, 0) is 6.92 Å². The van der Waals surface area contributed by atoms with E-state index in [1.807, 2.05) is 0 Å². The molecule has 0 aliphatic rings. The van der Waals surface area contributed by atoms with Crippen molar-refractivity contribution < 1.29 is 71.7 Å². The molecule has 0 aromatic rings. The molecular weight excluding hydrogens is 460 g/mol. The first-order chi connectivity index (χ1) is 13.0. The molecule has 0 atom stereocenters. The van der Waals surface area contributed by atoms with Crippen LogP contribution in [0.2, 0.25) is 0 Å². The molecule has 176 valence electrons. The summed E-state index contributed by atoms with van der Waals surface area (Å²) >= 11 is 0. The molecule has 0 fully saturated rings. The van der Waals surface area contributed by atoms with Gasteiger partial charge in [0.2, 0.25) is 0 Å². The molecule has 0 saturated carbocycles. The maximum Gasteiger partial charge on any atom is 0.460 e. The summed E-state index contributed by atoms with van der Waals surface area (Å²) < 4.78 is 150. The number of hydrogen-bond donors (Lipinski definition) is 0. The number of rotatable bonds is 7. The van der Waals surface area contributed by atoms with Crippen LogP contribution < -0.4 is 0 Å². The van der Waals surface area contributed by atoms with Gasteiger partial charge in [-0.2, -0.15) is 52.7 Å². The molecule has 0 aliphatic carbocycles. The van der Waals surface area contributed by atoms with Gasteiger partial charge in [-0.3, -0.25) is 0 Å². The van der Waals surface area contributed by atoms with E-state index >= 15 is 0 Å². The molecule has 0 spiro atoms. The lowest BCUT2D eigenvalue weighted by Gasteiger charge is -2.27. The molecule has 0 radical (unpaired) electrons. The average Bonchev–Trinajstić information content (AvgIpc) is 2.55. The van der Waals surface area contributed by atoms with E-state index in [0.717, 1.165) is 6.92 Å². The Labute approximate surface area is 160 Å². The third-order valence-corrected chi connectivity index (χ3v) is 2.53. The van der Waals surface area contributed by atoms with E-state index in [-0.39, 0.29) is 5.57 Å². The van der Waals surface area contributed by atoms with E-state index < -0.39 is 55.3 Å². The second-order valence-corrected chi connectivity index (χ2v) is 5.15. The third-order valence-electron chi connectivity index (χ3n) is 2.53.